The van der Waals surface area contributed by atoms with E-state index in [1.807, 2.05) is 33.0 Å². The van der Waals surface area contributed by atoms with Crippen LogP contribution in [0.2, 0.25) is 0 Å². The van der Waals surface area contributed by atoms with Crippen molar-refractivity contribution in [2.75, 3.05) is 0 Å². The normalized spacial score (nSPS) is 10.7. The Morgan fingerprint density at radius 3 is 2.65 bits per heavy atom. The van der Waals surface area contributed by atoms with E-state index in [4.69, 9.17) is 4.74 Å². The van der Waals surface area contributed by atoms with E-state index in [1.165, 1.54) is 0 Å². The fourth-order valence-corrected chi connectivity index (χ4v) is 2.47. The van der Waals surface area contributed by atoms with Crippen molar-refractivity contribution >= 4 is 21.7 Å². The van der Waals surface area contributed by atoms with Crippen LogP contribution < -0.4 is 4.74 Å². The van der Waals surface area contributed by atoms with Crippen molar-refractivity contribution in [3.63, 3.8) is 0 Å². The number of aromatic nitrogens is 2. The molecular formula is C15H17BrN2O2. The number of nitrogens with zero attached hydrogens (tertiary/aromatic N) is 2. The fraction of sp³-hybridized carbons (Fsp3) is 0.333. The van der Waals surface area contributed by atoms with Crippen molar-refractivity contribution in [2.24, 2.45) is 7.05 Å². The number of ketones is 1. The van der Waals surface area contributed by atoms with E-state index in [9.17, 15) is 4.79 Å². The Balaban J connectivity index is 2.27. The molecule has 2 aromatic rings. The van der Waals surface area contributed by atoms with Gasteiger partial charge in [0.1, 0.15) is 12.4 Å². The smallest absolute Gasteiger partial charge is 0.163 e. The maximum Gasteiger partial charge on any atom is 0.163 e. The molecule has 20 heavy (non-hydrogen) atoms. The van der Waals surface area contributed by atoms with E-state index in [1.54, 1.807) is 17.7 Å². The molecule has 0 saturated carbocycles. The van der Waals surface area contributed by atoms with Crippen molar-refractivity contribution in [3.05, 3.63) is 45.2 Å². The third-order valence-electron chi connectivity index (χ3n) is 3.14. The second-order valence-electron chi connectivity index (χ2n) is 4.81. The number of Topliss-reactive ketones (excluding diaryl/α,β-unsaturated/α-hetero) is 1. The summed E-state index contributed by atoms with van der Waals surface area (Å²) >= 11 is 3.51. The summed E-state index contributed by atoms with van der Waals surface area (Å²) in [4.78, 5) is 11.6. The number of hydrogen-bond donors (Lipinski definition) is 0. The Bertz CT molecular complexity index is 662. The first-order valence-corrected chi connectivity index (χ1v) is 7.11. The topological polar surface area (TPSA) is 44.1 Å². The minimum absolute atomic E-state index is 0.000234. The van der Waals surface area contributed by atoms with E-state index >= 15 is 0 Å². The highest BCUT2D eigenvalue weighted by Crippen LogP contribution is 2.25. The van der Waals surface area contributed by atoms with Crippen LogP contribution in [0.3, 0.4) is 0 Å². The van der Waals surface area contributed by atoms with Crippen molar-refractivity contribution in [1.29, 1.82) is 0 Å². The van der Waals surface area contributed by atoms with Crippen LogP contribution in [0.5, 0.6) is 5.75 Å². The highest BCUT2D eigenvalue weighted by atomic mass is 79.9. The van der Waals surface area contributed by atoms with Crippen molar-refractivity contribution in [2.45, 2.75) is 27.4 Å². The van der Waals surface area contributed by atoms with E-state index in [0.717, 1.165) is 21.4 Å². The quantitative estimate of drug-likeness (QED) is 0.801. The van der Waals surface area contributed by atoms with Crippen LogP contribution >= 0.6 is 15.9 Å². The molecule has 5 heteroatoms. The summed E-state index contributed by atoms with van der Waals surface area (Å²) in [6.45, 7) is 5.81. The Morgan fingerprint density at radius 2 is 2.10 bits per heavy atom. The predicted molar refractivity (Wildman–Crippen MR) is 81.2 cm³/mol. The second-order valence-corrected chi connectivity index (χ2v) is 5.61. The summed E-state index contributed by atoms with van der Waals surface area (Å²) in [7, 11) is 1.87. The van der Waals surface area contributed by atoms with Crippen LogP contribution in [0.4, 0.5) is 0 Å². The molecule has 106 valence electrons. The lowest BCUT2D eigenvalue weighted by Crippen LogP contribution is -2.06. The summed E-state index contributed by atoms with van der Waals surface area (Å²) in [6.07, 6.45) is 0. The molecule has 0 fully saturated rings. The van der Waals surface area contributed by atoms with Crippen LogP contribution in [0.1, 0.15) is 34.2 Å². The Kier molecular flexibility index (Phi) is 4.28. The molecule has 0 aliphatic carbocycles. The largest absolute Gasteiger partial charge is 0.486 e. The number of carbonyl (C=O) groups excluding carboxylic acids is 1. The number of carbonyl (C=O) groups is 1. The van der Waals surface area contributed by atoms with Gasteiger partial charge in [-0.2, -0.15) is 5.10 Å². The van der Waals surface area contributed by atoms with Gasteiger partial charge in [0.25, 0.3) is 0 Å². The van der Waals surface area contributed by atoms with Crippen LogP contribution in [0.25, 0.3) is 0 Å². The predicted octanol–water partition coefficient (Wildman–Crippen LogP) is 3.58. The molecule has 0 aliphatic heterocycles. The van der Waals surface area contributed by atoms with Gasteiger partial charge in [-0.15, -0.1) is 0 Å². The maximum atomic E-state index is 11.6. The summed E-state index contributed by atoms with van der Waals surface area (Å²) in [5.74, 6) is 0.614. The van der Waals surface area contributed by atoms with Gasteiger partial charge in [-0.05, 0) is 54.4 Å². The van der Waals surface area contributed by atoms with Gasteiger partial charge in [0.2, 0.25) is 0 Å². The molecule has 0 aliphatic rings. The lowest BCUT2D eigenvalue weighted by molar-refractivity contribution is 0.101. The third kappa shape index (κ3) is 2.93. The lowest BCUT2D eigenvalue weighted by Gasteiger charge is -2.11. The van der Waals surface area contributed by atoms with Crippen molar-refractivity contribution in [1.82, 2.24) is 9.78 Å². The fourth-order valence-electron chi connectivity index (χ4n) is 2.02. The van der Waals surface area contributed by atoms with Crippen molar-refractivity contribution in [3.8, 4) is 5.75 Å². The van der Waals surface area contributed by atoms with Gasteiger partial charge in [0.05, 0.1) is 21.4 Å². The minimum Gasteiger partial charge on any atom is -0.486 e. The number of aryl methyl sites for hydroxylation is 3. The molecule has 0 bridgehead atoms. The number of halogens is 1. The zero-order valence-corrected chi connectivity index (χ0v) is 13.6. The van der Waals surface area contributed by atoms with Gasteiger partial charge in [-0.1, -0.05) is 6.07 Å². The van der Waals surface area contributed by atoms with E-state index < -0.39 is 0 Å². The van der Waals surface area contributed by atoms with E-state index in [-0.39, 0.29) is 5.78 Å². The van der Waals surface area contributed by atoms with Gasteiger partial charge in [0.15, 0.2) is 5.78 Å². The molecular weight excluding hydrogens is 320 g/mol. The summed E-state index contributed by atoms with van der Waals surface area (Å²) < 4.78 is 8.55. The molecule has 0 atom stereocenters. The minimum atomic E-state index is 0.000234. The average Bonchev–Trinajstić information content (AvgIpc) is 2.61. The molecule has 0 unspecified atom stereocenters. The average molecular weight is 337 g/mol. The van der Waals surface area contributed by atoms with Crippen LogP contribution in [0.15, 0.2) is 22.7 Å². The van der Waals surface area contributed by atoms with Crippen LogP contribution in [-0.4, -0.2) is 15.6 Å². The highest BCUT2D eigenvalue weighted by molar-refractivity contribution is 9.10. The van der Waals surface area contributed by atoms with Crippen molar-refractivity contribution < 1.29 is 9.53 Å². The first kappa shape index (κ1) is 14.8. The van der Waals surface area contributed by atoms with Gasteiger partial charge in [-0.3, -0.25) is 9.48 Å². The second kappa shape index (κ2) is 5.79. The molecule has 0 radical (unpaired) electrons. The summed E-state index contributed by atoms with van der Waals surface area (Å²) in [5, 5.41) is 4.32. The van der Waals surface area contributed by atoms with Gasteiger partial charge < -0.3 is 4.74 Å². The van der Waals surface area contributed by atoms with Crippen LogP contribution in [-0.2, 0) is 13.7 Å². The number of rotatable bonds is 4. The number of hydrogen-bond acceptors (Lipinski definition) is 3. The van der Waals surface area contributed by atoms with Gasteiger partial charge in [0, 0.05) is 7.05 Å². The number of ether oxygens (including phenoxy) is 1. The third-order valence-corrected chi connectivity index (χ3v) is 4.17. The SMILES string of the molecule is CC(=O)c1ccc(C)cc1OCc1c(Br)c(C)nn1C. The maximum absolute atomic E-state index is 11.6. The molecule has 1 heterocycles. The molecule has 0 N–H and O–H groups in total. The zero-order chi connectivity index (χ0) is 14.9. The standard InChI is InChI=1S/C15H17BrN2O2/c1-9-5-6-12(11(3)19)14(7-9)20-8-13-15(16)10(2)17-18(13)4/h5-7H,8H2,1-4H3. The Morgan fingerprint density at radius 1 is 1.40 bits per heavy atom. The molecule has 2 rings (SSSR count). The Labute approximate surface area is 126 Å². The first-order valence-electron chi connectivity index (χ1n) is 6.32. The number of benzene rings is 1. The summed E-state index contributed by atoms with van der Waals surface area (Å²) in [5.41, 5.74) is 3.52. The van der Waals surface area contributed by atoms with Crippen LogP contribution in [0, 0.1) is 13.8 Å². The molecule has 0 saturated heterocycles. The van der Waals surface area contributed by atoms with Gasteiger partial charge in [-0.25, -0.2) is 0 Å². The molecule has 4 nitrogen and oxygen atoms in total. The summed E-state index contributed by atoms with van der Waals surface area (Å²) in [6, 6.07) is 5.60. The molecule has 0 spiro atoms. The zero-order valence-electron chi connectivity index (χ0n) is 12.0. The molecule has 0 amide bonds. The Hall–Kier alpha value is -1.62. The lowest BCUT2D eigenvalue weighted by atomic mass is 10.1. The monoisotopic (exact) mass is 336 g/mol. The van der Waals surface area contributed by atoms with E-state index in [0.29, 0.717) is 17.9 Å². The highest BCUT2D eigenvalue weighted by Gasteiger charge is 2.13. The molecule has 1 aromatic heterocycles. The molecule has 1 aromatic carbocycles. The first-order chi connectivity index (χ1) is 9.40. The van der Waals surface area contributed by atoms with Gasteiger partial charge >= 0.3 is 0 Å². The van der Waals surface area contributed by atoms with E-state index in [2.05, 4.69) is 21.0 Å².